The van der Waals surface area contributed by atoms with Crippen molar-refractivity contribution in [3.05, 3.63) is 56.7 Å². The van der Waals surface area contributed by atoms with E-state index in [2.05, 4.69) is 25.5 Å². The number of aryl methyl sites for hydroxylation is 1. The molecule has 166 valence electrons. The maximum absolute atomic E-state index is 13.0. The molecule has 0 spiro atoms. The lowest BCUT2D eigenvalue weighted by Gasteiger charge is -2.07. The fraction of sp³-hybridized carbons (Fsp3) is 0.250. The molecule has 4 aromatic rings. The highest BCUT2D eigenvalue weighted by Gasteiger charge is 2.22. The topological polar surface area (TPSA) is 110 Å². The molecule has 0 saturated heterocycles. The minimum Gasteiger partial charge on any atom is -0.462 e. The van der Waals surface area contributed by atoms with E-state index in [1.54, 1.807) is 26.0 Å². The van der Waals surface area contributed by atoms with Crippen molar-refractivity contribution in [2.45, 2.75) is 30.4 Å². The fourth-order valence-electron chi connectivity index (χ4n) is 2.92. The van der Waals surface area contributed by atoms with Crippen molar-refractivity contribution in [2.24, 2.45) is 0 Å². The molecule has 3 heterocycles. The van der Waals surface area contributed by atoms with Gasteiger partial charge in [-0.1, -0.05) is 23.1 Å². The zero-order valence-electron chi connectivity index (χ0n) is 17.3. The summed E-state index contributed by atoms with van der Waals surface area (Å²) in [6.07, 6.45) is 0. The average molecular weight is 492 g/mol. The summed E-state index contributed by atoms with van der Waals surface area (Å²) in [5.74, 6) is -0.287. The van der Waals surface area contributed by atoms with Crippen molar-refractivity contribution in [3.8, 4) is 0 Å². The largest absolute Gasteiger partial charge is 0.462 e. The van der Waals surface area contributed by atoms with Crippen LogP contribution in [0.2, 0.25) is 0 Å². The average Bonchev–Trinajstić information content (AvgIpc) is 3.34. The fourth-order valence-corrected chi connectivity index (χ4v) is 5.97. The van der Waals surface area contributed by atoms with Gasteiger partial charge in [0.05, 0.1) is 17.2 Å². The van der Waals surface area contributed by atoms with Gasteiger partial charge in [-0.15, -0.1) is 21.5 Å². The summed E-state index contributed by atoms with van der Waals surface area (Å²) in [7, 11) is 0. The van der Waals surface area contributed by atoms with Crippen LogP contribution in [0.25, 0.3) is 10.2 Å². The summed E-state index contributed by atoms with van der Waals surface area (Å²) in [5.41, 5.74) is 0.983. The Balaban J connectivity index is 1.53. The highest BCUT2D eigenvalue weighted by molar-refractivity contribution is 8.01. The number of rotatable bonds is 7. The number of carbonyl (C=O) groups excluding carboxylic acids is 1. The van der Waals surface area contributed by atoms with Crippen molar-refractivity contribution in [3.63, 3.8) is 0 Å². The molecule has 32 heavy (non-hydrogen) atoms. The van der Waals surface area contributed by atoms with E-state index in [0.29, 0.717) is 41.6 Å². The van der Waals surface area contributed by atoms with Gasteiger partial charge in [0.1, 0.15) is 21.3 Å². The monoisotopic (exact) mass is 491 g/mol. The van der Waals surface area contributed by atoms with Crippen LogP contribution < -0.4 is 10.9 Å². The number of aromatic amines is 1. The molecule has 1 aromatic carbocycles. The van der Waals surface area contributed by atoms with E-state index in [1.165, 1.54) is 35.2 Å². The number of benzene rings is 1. The van der Waals surface area contributed by atoms with Crippen LogP contribution in [0.4, 0.5) is 15.2 Å². The lowest BCUT2D eigenvalue weighted by molar-refractivity contribution is 0.0531. The van der Waals surface area contributed by atoms with Gasteiger partial charge in [0, 0.05) is 5.69 Å². The summed E-state index contributed by atoms with van der Waals surface area (Å²) in [6, 6.07) is 5.95. The molecule has 2 N–H and O–H groups in total. The van der Waals surface area contributed by atoms with Crippen molar-refractivity contribution >= 4 is 61.4 Å². The first-order valence-corrected chi connectivity index (χ1v) is 12.1. The Morgan fingerprint density at radius 3 is 2.75 bits per heavy atom. The number of anilines is 2. The Morgan fingerprint density at radius 1 is 1.28 bits per heavy atom. The van der Waals surface area contributed by atoms with Crippen molar-refractivity contribution in [1.29, 1.82) is 0 Å². The van der Waals surface area contributed by atoms with Crippen molar-refractivity contribution < 1.29 is 13.9 Å². The number of thiophene rings is 1. The van der Waals surface area contributed by atoms with Gasteiger partial charge in [-0.05, 0) is 50.6 Å². The summed E-state index contributed by atoms with van der Waals surface area (Å²) in [4.78, 5) is 33.1. The first-order valence-electron chi connectivity index (χ1n) is 9.59. The zero-order chi connectivity index (χ0) is 22.8. The lowest BCUT2D eigenvalue weighted by atomic mass is 10.2. The van der Waals surface area contributed by atoms with Gasteiger partial charge in [-0.25, -0.2) is 14.2 Å². The molecule has 3 aromatic heterocycles. The number of nitrogens with one attached hydrogen (secondary N) is 2. The van der Waals surface area contributed by atoms with Crippen molar-refractivity contribution in [2.75, 3.05) is 11.9 Å². The quantitative estimate of drug-likeness (QED) is 0.273. The van der Waals surface area contributed by atoms with Crippen LogP contribution in [0.15, 0.2) is 33.4 Å². The number of nitrogens with zero attached hydrogens (tertiary/aromatic N) is 3. The lowest BCUT2D eigenvalue weighted by Crippen LogP contribution is -2.12. The first kappa shape index (κ1) is 22.4. The molecule has 0 saturated carbocycles. The molecule has 0 radical (unpaired) electrons. The number of halogens is 1. The molecule has 8 nitrogen and oxygen atoms in total. The molecule has 4 rings (SSSR count). The van der Waals surface area contributed by atoms with Crippen LogP contribution in [-0.2, 0) is 4.74 Å². The third kappa shape index (κ3) is 4.66. The molecular formula is C20H18FN5O3S3. The van der Waals surface area contributed by atoms with Gasteiger partial charge >= 0.3 is 5.97 Å². The number of carbonyl (C=O) groups is 1. The normalized spacial score (nSPS) is 12.1. The molecule has 0 bridgehead atoms. The minimum absolute atomic E-state index is 0.216. The van der Waals surface area contributed by atoms with Crippen LogP contribution in [0, 0.1) is 12.7 Å². The highest BCUT2D eigenvalue weighted by Crippen LogP contribution is 2.37. The molecule has 0 aliphatic rings. The maximum atomic E-state index is 13.0. The summed E-state index contributed by atoms with van der Waals surface area (Å²) >= 11 is 3.89. The standard InChI is InChI=1S/C20H18FN5O3S3/c1-4-29-18(28)14-9(2)13-16(27)23-15(24-17(13)31-14)10(3)30-20-26-25-19(32-20)22-12-7-5-11(21)6-8-12/h5-8,10H,4H2,1-3H3,(H,22,25)(H,23,24,27). The number of esters is 1. The molecule has 1 unspecified atom stereocenters. The van der Waals surface area contributed by atoms with E-state index in [1.807, 2.05) is 6.92 Å². The number of hydrogen-bond donors (Lipinski definition) is 2. The summed E-state index contributed by atoms with van der Waals surface area (Å²) in [6.45, 7) is 5.61. The Hall–Kier alpha value is -2.83. The van der Waals surface area contributed by atoms with E-state index in [9.17, 15) is 14.0 Å². The number of fused-ring (bicyclic) bond motifs is 1. The number of thioether (sulfide) groups is 1. The van der Waals surface area contributed by atoms with Gasteiger partial charge < -0.3 is 15.0 Å². The van der Waals surface area contributed by atoms with Gasteiger partial charge in [0.25, 0.3) is 5.56 Å². The van der Waals surface area contributed by atoms with Crippen LogP contribution in [0.3, 0.4) is 0 Å². The number of ether oxygens (including phenoxy) is 1. The second kappa shape index (κ2) is 9.35. The molecule has 0 fully saturated rings. The van der Waals surface area contributed by atoms with E-state index in [-0.39, 0.29) is 23.2 Å². The Kier molecular flexibility index (Phi) is 6.53. The molecule has 0 amide bonds. The zero-order valence-corrected chi connectivity index (χ0v) is 19.7. The molecule has 12 heteroatoms. The van der Waals surface area contributed by atoms with Gasteiger partial charge in [-0.2, -0.15) is 0 Å². The maximum Gasteiger partial charge on any atom is 0.348 e. The summed E-state index contributed by atoms with van der Waals surface area (Å²) in [5, 5.41) is 12.1. The predicted octanol–water partition coefficient (Wildman–Crippen LogP) is 5.06. The van der Waals surface area contributed by atoms with Crippen LogP contribution in [0.1, 0.15) is 40.2 Å². The minimum atomic E-state index is -0.452. The Bertz CT molecular complexity index is 1330. The van der Waals surface area contributed by atoms with Gasteiger partial charge in [0.15, 0.2) is 4.34 Å². The van der Waals surface area contributed by atoms with Crippen molar-refractivity contribution in [1.82, 2.24) is 20.2 Å². The number of hydrogen-bond acceptors (Lipinski definition) is 10. The second-order valence-electron chi connectivity index (χ2n) is 6.67. The molecular weight excluding hydrogens is 473 g/mol. The van der Waals surface area contributed by atoms with Crippen LogP contribution in [-0.4, -0.2) is 32.7 Å². The van der Waals surface area contributed by atoms with Crippen LogP contribution >= 0.6 is 34.4 Å². The molecule has 1 atom stereocenters. The predicted molar refractivity (Wildman–Crippen MR) is 125 cm³/mol. The summed E-state index contributed by atoms with van der Waals surface area (Å²) < 4.78 is 18.8. The number of H-pyrrole nitrogens is 1. The SMILES string of the molecule is CCOC(=O)c1sc2nc(C(C)Sc3nnc(Nc4ccc(F)cc4)s3)[nH]c(=O)c2c1C. The van der Waals surface area contributed by atoms with Gasteiger partial charge in [-0.3, -0.25) is 4.79 Å². The van der Waals surface area contributed by atoms with Gasteiger partial charge in [0.2, 0.25) is 5.13 Å². The highest BCUT2D eigenvalue weighted by atomic mass is 32.2. The second-order valence-corrected chi connectivity index (χ2v) is 10.2. The smallest absolute Gasteiger partial charge is 0.348 e. The van der Waals surface area contributed by atoms with E-state index < -0.39 is 5.97 Å². The van der Waals surface area contributed by atoms with Crippen LogP contribution in [0.5, 0.6) is 0 Å². The third-order valence-corrected chi connectivity index (χ3v) is 7.64. The first-order chi connectivity index (χ1) is 15.4. The van der Waals surface area contributed by atoms with E-state index >= 15 is 0 Å². The number of aromatic nitrogens is 4. The third-order valence-electron chi connectivity index (χ3n) is 4.44. The molecule has 0 aliphatic carbocycles. The van der Waals surface area contributed by atoms with E-state index in [4.69, 9.17) is 4.74 Å². The van der Waals surface area contributed by atoms with E-state index in [0.717, 1.165) is 11.3 Å². The molecule has 0 aliphatic heterocycles. The Morgan fingerprint density at radius 2 is 2.03 bits per heavy atom. The Labute approximate surface area is 194 Å².